The van der Waals surface area contributed by atoms with E-state index in [1.807, 2.05) is 54.5 Å². The molecular weight excluding hydrogens is 534 g/mol. The number of carbonyl (C=O) groups is 2. The number of carbonyl (C=O) groups excluding carboxylic acids is 2. The molecule has 2 fully saturated rings. The fraction of sp³-hybridized carbons (Fsp3) is 0.567. The molecule has 2 saturated carbocycles. The number of H-pyrrole nitrogens is 1. The van der Waals surface area contributed by atoms with Gasteiger partial charge in [0.2, 0.25) is 0 Å². The Morgan fingerprint density at radius 3 is 2.38 bits per heavy atom. The summed E-state index contributed by atoms with van der Waals surface area (Å²) in [6, 6.07) is 3.58. The Kier molecular flexibility index (Phi) is 6.88. The second-order valence-corrected chi connectivity index (χ2v) is 13.3. The van der Waals surface area contributed by atoms with Crippen molar-refractivity contribution in [3.63, 3.8) is 0 Å². The molecule has 2 aliphatic carbocycles. The van der Waals surface area contributed by atoms with Gasteiger partial charge >= 0.3 is 6.09 Å². The number of alkyl carbamates (subject to hydrolysis) is 1. The molecule has 40 heavy (non-hydrogen) atoms. The van der Waals surface area contributed by atoms with Crippen LogP contribution in [0.1, 0.15) is 86.1 Å². The smallest absolute Gasteiger partial charge is 0.407 e. The zero-order valence-corrected chi connectivity index (χ0v) is 24.9. The van der Waals surface area contributed by atoms with E-state index in [2.05, 4.69) is 15.6 Å². The summed E-state index contributed by atoms with van der Waals surface area (Å²) in [5.74, 6) is -0.176. The summed E-state index contributed by atoms with van der Waals surface area (Å²) < 4.78 is 18.1. The molecule has 2 heterocycles. The summed E-state index contributed by atoms with van der Waals surface area (Å²) in [6.45, 7) is 13.0. The van der Waals surface area contributed by atoms with Crippen molar-refractivity contribution in [3.8, 4) is 11.5 Å². The minimum atomic E-state index is -0.896. The van der Waals surface area contributed by atoms with Crippen molar-refractivity contribution in [2.45, 2.75) is 98.1 Å². The number of ether oxygens (including phenoxy) is 3. The number of rotatable bonds is 5. The van der Waals surface area contributed by atoms with E-state index in [4.69, 9.17) is 25.8 Å². The van der Waals surface area contributed by atoms with Gasteiger partial charge in [0.05, 0.1) is 5.02 Å². The van der Waals surface area contributed by atoms with Gasteiger partial charge in [-0.25, -0.2) is 4.79 Å². The van der Waals surface area contributed by atoms with Gasteiger partial charge < -0.3 is 29.8 Å². The summed E-state index contributed by atoms with van der Waals surface area (Å²) in [5, 5.41) is 6.12. The van der Waals surface area contributed by atoms with Crippen LogP contribution in [-0.2, 0) is 11.3 Å². The first-order valence-corrected chi connectivity index (χ1v) is 14.1. The van der Waals surface area contributed by atoms with Gasteiger partial charge in [-0.2, -0.15) is 0 Å². The Morgan fingerprint density at radius 1 is 1.10 bits per heavy atom. The number of nitrogens with one attached hydrogen (secondary N) is 3. The first-order valence-electron chi connectivity index (χ1n) is 13.8. The Hall–Kier alpha value is -3.20. The number of fused-ring (bicyclic) bond motifs is 1. The predicted octanol–water partition coefficient (Wildman–Crippen LogP) is 5.45. The Morgan fingerprint density at radius 2 is 1.75 bits per heavy atom. The van der Waals surface area contributed by atoms with Crippen molar-refractivity contribution in [3.05, 3.63) is 55.5 Å². The van der Waals surface area contributed by atoms with Gasteiger partial charge in [0.1, 0.15) is 5.60 Å². The zero-order valence-electron chi connectivity index (χ0n) is 24.2. The molecule has 1 unspecified atom stereocenters. The minimum Gasteiger partial charge on any atom is -0.448 e. The second-order valence-electron chi connectivity index (χ2n) is 12.9. The van der Waals surface area contributed by atoms with E-state index < -0.39 is 11.4 Å². The van der Waals surface area contributed by atoms with Gasteiger partial charge in [-0.3, -0.25) is 9.59 Å². The van der Waals surface area contributed by atoms with E-state index in [0.29, 0.717) is 33.2 Å². The summed E-state index contributed by atoms with van der Waals surface area (Å²) in [7, 11) is 0. The monoisotopic (exact) mass is 571 g/mol. The van der Waals surface area contributed by atoms with Gasteiger partial charge in [-0.15, -0.1) is 0 Å². The summed E-state index contributed by atoms with van der Waals surface area (Å²) >= 11 is 6.58. The van der Waals surface area contributed by atoms with E-state index in [-0.39, 0.29) is 41.5 Å². The number of halogens is 1. The Balaban J connectivity index is 1.21. The van der Waals surface area contributed by atoms with Crippen molar-refractivity contribution < 1.29 is 23.8 Å². The highest BCUT2D eigenvalue weighted by molar-refractivity contribution is 6.33. The highest BCUT2D eigenvalue weighted by atomic mass is 35.5. The molecule has 0 bridgehead atoms. The van der Waals surface area contributed by atoms with Crippen molar-refractivity contribution in [1.29, 1.82) is 0 Å². The molecule has 1 spiro atoms. The summed E-state index contributed by atoms with van der Waals surface area (Å²) in [4.78, 5) is 40.4. The van der Waals surface area contributed by atoms with Gasteiger partial charge in [0.25, 0.3) is 17.3 Å². The largest absolute Gasteiger partial charge is 0.448 e. The lowest BCUT2D eigenvalue weighted by molar-refractivity contribution is -0.191. The molecule has 2 aromatic rings. The lowest BCUT2D eigenvalue weighted by atomic mass is 9.48. The summed E-state index contributed by atoms with van der Waals surface area (Å²) in [6.07, 6.45) is 3.26. The number of benzene rings is 1. The molecule has 9 nitrogen and oxygen atoms in total. The molecule has 3 N–H and O–H groups in total. The van der Waals surface area contributed by atoms with Crippen molar-refractivity contribution in [1.82, 2.24) is 15.6 Å². The molecule has 0 radical (unpaired) electrons. The average molecular weight is 572 g/mol. The third-order valence-electron chi connectivity index (χ3n) is 8.39. The molecule has 2 amide bonds. The first-order chi connectivity index (χ1) is 18.6. The van der Waals surface area contributed by atoms with Gasteiger partial charge in [-0.1, -0.05) is 11.6 Å². The van der Waals surface area contributed by atoms with Gasteiger partial charge in [0.15, 0.2) is 11.5 Å². The Labute approximate surface area is 239 Å². The first kappa shape index (κ1) is 28.3. The molecule has 1 aliphatic heterocycles. The van der Waals surface area contributed by atoms with E-state index in [0.717, 1.165) is 36.9 Å². The number of aryl methyl sites for hydroxylation is 2. The van der Waals surface area contributed by atoms with Crippen LogP contribution in [0, 0.1) is 32.1 Å². The predicted molar refractivity (Wildman–Crippen MR) is 151 cm³/mol. The van der Waals surface area contributed by atoms with Gasteiger partial charge in [0, 0.05) is 47.8 Å². The third-order valence-corrected chi connectivity index (χ3v) is 8.67. The van der Waals surface area contributed by atoms with Gasteiger partial charge in [-0.05, 0) is 90.3 Å². The van der Waals surface area contributed by atoms with Crippen molar-refractivity contribution in [2.75, 3.05) is 0 Å². The maximum Gasteiger partial charge on any atom is 0.407 e. The number of aromatic amines is 1. The number of aromatic nitrogens is 1. The standard InChI is InChI=1S/C30H38ClN3O6/c1-15-8-16(2)33-26(36)21(15)14-32-25(35)20-9-22(31)24-23(17(20)3)38-29(7,39-24)18-10-30(11-18)12-19(13-30)34-27(37)40-28(4,5)6/h8-9,18-19H,10-14H2,1-7H3,(H,32,35)(H,33,36)(H,34,37). The van der Waals surface area contributed by atoms with E-state index in [1.165, 1.54) is 0 Å². The van der Waals surface area contributed by atoms with Crippen LogP contribution in [0.15, 0.2) is 16.9 Å². The maximum atomic E-state index is 13.1. The van der Waals surface area contributed by atoms with Crippen molar-refractivity contribution >= 4 is 23.6 Å². The van der Waals surface area contributed by atoms with Crippen LogP contribution < -0.4 is 25.7 Å². The summed E-state index contributed by atoms with van der Waals surface area (Å²) in [5.41, 5.74) is 2.53. The molecule has 10 heteroatoms. The van der Waals surface area contributed by atoms with Crippen LogP contribution in [0.5, 0.6) is 11.5 Å². The maximum absolute atomic E-state index is 13.1. The second kappa shape index (κ2) is 9.72. The Bertz CT molecular complexity index is 1430. The highest BCUT2D eigenvalue weighted by Crippen LogP contribution is 2.63. The number of pyridine rings is 1. The third kappa shape index (κ3) is 5.28. The quantitative estimate of drug-likeness (QED) is 0.439. The molecule has 1 aromatic carbocycles. The van der Waals surface area contributed by atoms with Crippen LogP contribution >= 0.6 is 11.6 Å². The molecule has 5 rings (SSSR count). The van der Waals surface area contributed by atoms with Crippen LogP contribution in [0.25, 0.3) is 0 Å². The van der Waals surface area contributed by atoms with E-state index in [1.54, 1.807) is 6.07 Å². The lowest BCUT2D eigenvalue weighted by Crippen LogP contribution is -2.61. The van der Waals surface area contributed by atoms with E-state index in [9.17, 15) is 14.4 Å². The fourth-order valence-corrected chi connectivity index (χ4v) is 6.60. The van der Waals surface area contributed by atoms with Crippen molar-refractivity contribution in [2.24, 2.45) is 11.3 Å². The molecular formula is C30H38ClN3O6. The molecule has 1 aromatic heterocycles. The topological polar surface area (TPSA) is 119 Å². The van der Waals surface area contributed by atoms with Crippen LogP contribution in [0.2, 0.25) is 5.02 Å². The molecule has 216 valence electrons. The average Bonchev–Trinajstić information content (AvgIpc) is 3.14. The molecule has 1 atom stereocenters. The molecule has 3 aliphatic rings. The SMILES string of the molecule is Cc1cc(C)c(CNC(=O)c2cc(Cl)c3c(c2C)OC(C)(C2CC4(CC(NC(=O)OC(C)(C)C)C4)C2)O3)c(=O)[nH]1. The zero-order chi connectivity index (χ0) is 29.2. The highest BCUT2D eigenvalue weighted by Gasteiger charge is 2.61. The normalized spacial score (nSPS) is 26.6. The van der Waals surface area contributed by atoms with E-state index >= 15 is 0 Å². The number of hydrogen-bond acceptors (Lipinski definition) is 6. The number of amides is 2. The number of hydrogen-bond donors (Lipinski definition) is 3. The molecule has 0 saturated heterocycles. The van der Waals surface area contributed by atoms with Crippen LogP contribution in [0.3, 0.4) is 0 Å². The fourth-order valence-electron chi connectivity index (χ4n) is 6.36. The minimum absolute atomic E-state index is 0.0947. The van der Waals surface area contributed by atoms with Crippen LogP contribution in [-0.4, -0.2) is 34.4 Å². The lowest BCUT2D eigenvalue weighted by Gasteiger charge is -2.59. The van der Waals surface area contributed by atoms with Crippen LogP contribution in [0.4, 0.5) is 4.79 Å².